The fourth-order valence-corrected chi connectivity index (χ4v) is 0.768. The van der Waals surface area contributed by atoms with Crippen LogP contribution in [0.5, 0.6) is 0 Å². The summed E-state index contributed by atoms with van der Waals surface area (Å²) in [6.07, 6.45) is 0.719. The number of nitrogens with one attached hydrogen (secondary N) is 1. The van der Waals surface area contributed by atoms with Gasteiger partial charge in [0.15, 0.2) is 0 Å². The predicted octanol–water partition coefficient (Wildman–Crippen LogP) is -4.43. The van der Waals surface area contributed by atoms with Crippen molar-refractivity contribution in [3.05, 3.63) is 28.1 Å². The molecule has 15 heavy (non-hydrogen) atoms. The molecule has 0 aromatic carbocycles. The standard InChI is InChI=1S/C7H9NO2.ClHO4/c1-3-7-8-6(9)4-5(2)10-7;2-1(3,4)5/h4H,3H2,1-2H3;(H,2,3,4,5). The maximum Gasteiger partial charge on any atom is 0.416 e. The van der Waals surface area contributed by atoms with Gasteiger partial charge in [-0.05, 0) is 6.92 Å². The van der Waals surface area contributed by atoms with Crippen molar-refractivity contribution in [2.24, 2.45) is 0 Å². The molecule has 1 rings (SSSR count). The molecule has 0 saturated heterocycles. The number of hydrogen-bond donors (Lipinski definition) is 0. The van der Waals surface area contributed by atoms with Crippen LogP contribution in [0.15, 0.2) is 15.3 Å². The largest absolute Gasteiger partial charge is 0.416 e. The van der Waals surface area contributed by atoms with Crippen LogP contribution in [0.4, 0.5) is 0 Å². The van der Waals surface area contributed by atoms with Crippen molar-refractivity contribution >= 4 is 0 Å². The second-order valence-electron chi connectivity index (χ2n) is 2.50. The summed E-state index contributed by atoms with van der Waals surface area (Å²) < 4.78 is 39.1. The van der Waals surface area contributed by atoms with E-state index in [1.807, 2.05) is 6.92 Å². The van der Waals surface area contributed by atoms with Gasteiger partial charge in [0.1, 0.15) is 5.76 Å². The number of aromatic nitrogens is 1. The van der Waals surface area contributed by atoms with Gasteiger partial charge < -0.3 is 4.42 Å². The van der Waals surface area contributed by atoms with Crippen LogP contribution in [0.1, 0.15) is 18.6 Å². The average Bonchev–Trinajstić information content (AvgIpc) is 1.99. The van der Waals surface area contributed by atoms with Crippen molar-refractivity contribution in [1.82, 2.24) is 0 Å². The van der Waals surface area contributed by atoms with Gasteiger partial charge >= 0.3 is 11.4 Å². The third kappa shape index (κ3) is 9.32. The van der Waals surface area contributed by atoms with Crippen LogP contribution in [-0.4, -0.2) is 0 Å². The minimum Gasteiger partial charge on any atom is -0.413 e. The summed E-state index contributed by atoms with van der Waals surface area (Å²) in [5.74, 6) is 1.28. The van der Waals surface area contributed by atoms with Crippen LogP contribution in [0.25, 0.3) is 0 Å². The molecule has 8 heteroatoms. The van der Waals surface area contributed by atoms with E-state index in [1.54, 1.807) is 6.92 Å². The SMILES string of the molecule is CCc1[nH+]c(=O)cc(C)o1.[O-][Cl+3]([O-])([O-])[O-]. The Hall–Kier alpha value is -0.990. The number of halogens is 1. The van der Waals surface area contributed by atoms with Gasteiger partial charge in [-0.2, -0.15) is 0 Å². The molecule has 0 fully saturated rings. The highest BCUT2D eigenvalue weighted by atomic mass is 35.7. The molecule has 0 atom stereocenters. The average molecular weight is 240 g/mol. The normalized spacial score (nSPS) is 10.5. The molecule has 7 nitrogen and oxygen atoms in total. The number of hydrogen-bond acceptors (Lipinski definition) is 6. The van der Waals surface area contributed by atoms with Crippen molar-refractivity contribution < 1.29 is 38.3 Å². The topological polar surface area (TPSA) is 137 Å². The molecule has 1 heterocycles. The zero-order valence-corrected chi connectivity index (χ0v) is 8.87. The summed E-state index contributed by atoms with van der Waals surface area (Å²) in [5, 5.41) is 0. The first-order valence-electron chi connectivity index (χ1n) is 3.87. The Morgan fingerprint density at radius 1 is 1.40 bits per heavy atom. The minimum atomic E-state index is -4.94. The first-order valence-corrected chi connectivity index (χ1v) is 5.10. The van der Waals surface area contributed by atoms with Gasteiger partial charge in [0, 0.05) is 0 Å². The van der Waals surface area contributed by atoms with Crippen LogP contribution < -0.4 is 29.2 Å². The van der Waals surface area contributed by atoms with Crippen LogP contribution >= 0.6 is 0 Å². The number of aryl methyl sites for hydroxylation is 2. The Bertz CT molecular complexity index is 351. The molecular formula is C7H10ClNO6. The molecule has 1 aromatic rings. The maximum atomic E-state index is 10.8. The first kappa shape index (κ1) is 14.0. The van der Waals surface area contributed by atoms with E-state index in [-0.39, 0.29) is 5.56 Å². The number of aromatic amines is 1. The van der Waals surface area contributed by atoms with Gasteiger partial charge in [0.05, 0.1) is 12.5 Å². The highest BCUT2D eigenvalue weighted by molar-refractivity contribution is 4.88. The molecular weight excluding hydrogens is 230 g/mol. The van der Waals surface area contributed by atoms with E-state index in [1.165, 1.54) is 6.07 Å². The first-order chi connectivity index (χ1) is 6.72. The van der Waals surface area contributed by atoms with E-state index in [9.17, 15) is 4.79 Å². The third-order valence-corrected chi connectivity index (χ3v) is 1.20. The summed E-state index contributed by atoms with van der Waals surface area (Å²) in [6.45, 7) is 3.68. The second-order valence-corrected chi connectivity index (χ2v) is 3.26. The van der Waals surface area contributed by atoms with E-state index >= 15 is 0 Å². The summed E-state index contributed by atoms with van der Waals surface area (Å²) >= 11 is 0. The summed E-state index contributed by atoms with van der Waals surface area (Å²) in [5.41, 5.74) is -0.0967. The summed E-state index contributed by atoms with van der Waals surface area (Å²) in [6, 6.07) is 1.43. The van der Waals surface area contributed by atoms with Crippen molar-refractivity contribution in [3.8, 4) is 0 Å². The molecule has 0 aliphatic heterocycles. The van der Waals surface area contributed by atoms with Crippen molar-refractivity contribution in [2.75, 3.05) is 0 Å². The molecule has 0 aliphatic carbocycles. The smallest absolute Gasteiger partial charge is 0.413 e. The fourth-order valence-electron chi connectivity index (χ4n) is 0.768. The van der Waals surface area contributed by atoms with Crippen molar-refractivity contribution in [3.63, 3.8) is 0 Å². The van der Waals surface area contributed by atoms with Crippen LogP contribution in [0.2, 0.25) is 0 Å². The minimum absolute atomic E-state index is 0.0967. The zero-order valence-electron chi connectivity index (χ0n) is 8.11. The lowest BCUT2D eigenvalue weighted by atomic mass is 10.4. The lowest BCUT2D eigenvalue weighted by Crippen LogP contribution is -2.68. The lowest BCUT2D eigenvalue weighted by molar-refractivity contribution is -2.00. The van der Waals surface area contributed by atoms with E-state index in [0.717, 1.165) is 6.42 Å². The molecule has 1 aromatic heterocycles. The summed E-state index contributed by atoms with van der Waals surface area (Å²) in [4.78, 5) is 13.3. The molecule has 0 unspecified atom stereocenters. The summed E-state index contributed by atoms with van der Waals surface area (Å²) in [7, 11) is -4.94. The molecule has 0 bridgehead atoms. The van der Waals surface area contributed by atoms with Gasteiger partial charge in [-0.15, -0.1) is 15.2 Å². The van der Waals surface area contributed by atoms with Crippen LogP contribution in [0.3, 0.4) is 0 Å². The van der Waals surface area contributed by atoms with Gasteiger partial charge in [-0.25, -0.2) is 23.4 Å². The monoisotopic (exact) mass is 239 g/mol. The van der Waals surface area contributed by atoms with E-state index in [2.05, 4.69) is 4.98 Å². The molecule has 0 radical (unpaired) electrons. The molecule has 1 N–H and O–H groups in total. The Morgan fingerprint density at radius 2 is 1.87 bits per heavy atom. The second kappa shape index (κ2) is 5.79. The Balaban J connectivity index is 0.000000336. The highest BCUT2D eigenvalue weighted by Crippen LogP contribution is 1.92. The zero-order chi connectivity index (χ0) is 12.1. The molecule has 0 saturated carbocycles. The predicted molar refractivity (Wildman–Crippen MR) is 35.6 cm³/mol. The lowest BCUT2D eigenvalue weighted by Gasteiger charge is -2.17. The molecule has 0 amide bonds. The fraction of sp³-hybridized carbons (Fsp3) is 0.429. The molecule has 86 valence electrons. The Morgan fingerprint density at radius 3 is 2.20 bits per heavy atom. The van der Waals surface area contributed by atoms with Gasteiger partial charge in [0.25, 0.3) is 0 Å². The van der Waals surface area contributed by atoms with Crippen LogP contribution in [-0.2, 0) is 6.42 Å². The maximum absolute atomic E-state index is 10.8. The van der Waals surface area contributed by atoms with Gasteiger partial charge in [-0.3, -0.25) is 0 Å². The van der Waals surface area contributed by atoms with Crippen molar-refractivity contribution in [2.45, 2.75) is 20.3 Å². The third-order valence-electron chi connectivity index (χ3n) is 1.20. The molecule has 0 aliphatic rings. The molecule has 0 spiro atoms. The van der Waals surface area contributed by atoms with Gasteiger partial charge in [0.2, 0.25) is 0 Å². The van der Waals surface area contributed by atoms with E-state index < -0.39 is 10.2 Å². The quantitative estimate of drug-likeness (QED) is 0.485. The van der Waals surface area contributed by atoms with Gasteiger partial charge in [-0.1, -0.05) is 6.92 Å². The van der Waals surface area contributed by atoms with E-state index in [4.69, 9.17) is 23.1 Å². The Labute approximate surface area is 87.4 Å². The Kier molecular flexibility index (Phi) is 5.40. The number of H-pyrrole nitrogens is 1. The van der Waals surface area contributed by atoms with Crippen molar-refractivity contribution in [1.29, 1.82) is 0 Å². The van der Waals surface area contributed by atoms with Crippen LogP contribution in [0, 0.1) is 17.2 Å². The number of rotatable bonds is 1. The van der Waals surface area contributed by atoms with E-state index in [0.29, 0.717) is 11.7 Å². The highest BCUT2D eigenvalue weighted by Gasteiger charge is 2.03.